The Hall–Kier alpha value is -2.76. The van der Waals surface area contributed by atoms with E-state index >= 15 is 0 Å². The first-order chi connectivity index (χ1) is 10.6. The molecule has 0 N–H and O–H groups in total. The predicted octanol–water partition coefficient (Wildman–Crippen LogP) is 2.99. The smallest absolute Gasteiger partial charge is 0.338 e. The Morgan fingerprint density at radius 1 is 1.23 bits per heavy atom. The third-order valence-corrected chi connectivity index (χ3v) is 3.38. The number of imidazole rings is 1. The van der Waals surface area contributed by atoms with E-state index < -0.39 is 17.6 Å². The molecule has 0 unspecified atom stereocenters. The first-order valence-electron chi connectivity index (χ1n) is 6.56. The summed E-state index contributed by atoms with van der Waals surface area (Å²) in [5.41, 5.74) is 2.43. The number of halogens is 2. The summed E-state index contributed by atoms with van der Waals surface area (Å²) >= 11 is 0. The van der Waals surface area contributed by atoms with Gasteiger partial charge in [-0.25, -0.2) is 18.6 Å². The Kier molecular flexibility index (Phi) is 3.58. The number of fused-ring (bicyclic) bond motifs is 1. The lowest BCUT2D eigenvalue weighted by Crippen LogP contribution is -2.03. The molecule has 1 aromatic carbocycles. The van der Waals surface area contributed by atoms with Crippen LogP contribution in [0.4, 0.5) is 8.78 Å². The molecule has 6 heteroatoms. The van der Waals surface area contributed by atoms with Gasteiger partial charge in [-0.15, -0.1) is 0 Å². The normalized spacial score (nSPS) is 10.9. The van der Waals surface area contributed by atoms with E-state index in [9.17, 15) is 13.6 Å². The van der Waals surface area contributed by atoms with Gasteiger partial charge in [-0.1, -0.05) is 6.07 Å². The van der Waals surface area contributed by atoms with E-state index in [0.717, 1.165) is 17.8 Å². The molecule has 0 fully saturated rings. The Bertz CT molecular complexity index is 858. The van der Waals surface area contributed by atoms with Gasteiger partial charge >= 0.3 is 5.97 Å². The van der Waals surface area contributed by atoms with Gasteiger partial charge < -0.3 is 9.14 Å². The topological polar surface area (TPSA) is 43.6 Å². The van der Waals surface area contributed by atoms with Gasteiger partial charge in [0.05, 0.1) is 12.7 Å². The van der Waals surface area contributed by atoms with E-state index in [1.54, 1.807) is 28.9 Å². The summed E-state index contributed by atoms with van der Waals surface area (Å²) < 4.78 is 32.6. The molecule has 112 valence electrons. The molecular weight excluding hydrogens is 290 g/mol. The van der Waals surface area contributed by atoms with E-state index in [4.69, 9.17) is 0 Å². The Morgan fingerprint density at radius 3 is 2.77 bits per heavy atom. The van der Waals surface area contributed by atoms with Crippen LogP contribution < -0.4 is 0 Å². The van der Waals surface area contributed by atoms with Crippen molar-refractivity contribution in [1.29, 1.82) is 0 Å². The van der Waals surface area contributed by atoms with Crippen molar-refractivity contribution in [2.45, 2.75) is 6.42 Å². The second-order valence-electron chi connectivity index (χ2n) is 4.81. The Labute approximate surface area is 125 Å². The predicted molar refractivity (Wildman–Crippen MR) is 75.7 cm³/mol. The zero-order chi connectivity index (χ0) is 15.7. The zero-order valence-electron chi connectivity index (χ0n) is 11.7. The highest BCUT2D eigenvalue weighted by Gasteiger charge is 2.10. The summed E-state index contributed by atoms with van der Waals surface area (Å²) in [5, 5.41) is 0. The van der Waals surface area contributed by atoms with Crippen molar-refractivity contribution in [3.05, 3.63) is 71.2 Å². The Balaban J connectivity index is 1.94. The number of pyridine rings is 1. The van der Waals surface area contributed by atoms with Crippen LogP contribution in [-0.2, 0) is 11.2 Å². The maximum absolute atomic E-state index is 13.3. The lowest BCUT2D eigenvalue weighted by molar-refractivity contribution is 0.0600. The zero-order valence-corrected chi connectivity index (χ0v) is 11.7. The number of esters is 1. The average molecular weight is 302 g/mol. The number of nitrogens with zero attached hydrogens (tertiary/aromatic N) is 2. The van der Waals surface area contributed by atoms with Gasteiger partial charge in [-0.2, -0.15) is 0 Å². The number of aromatic nitrogens is 2. The molecule has 0 saturated carbocycles. The van der Waals surface area contributed by atoms with Crippen LogP contribution >= 0.6 is 0 Å². The van der Waals surface area contributed by atoms with Crippen molar-refractivity contribution < 1.29 is 18.3 Å². The molecular formula is C16H12F2N2O2. The quantitative estimate of drug-likeness (QED) is 0.699. The fraction of sp³-hybridized carbons (Fsp3) is 0.125. The van der Waals surface area contributed by atoms with Crippen molar-refractivity contribution in [2.24, 2.45) is 0 Å². The largest absolute Gasteiger partial charge is 0.465 e. The standard InChI is InChI=1S/C16H12F2N2O2/c1-22-16(21)11-4-5-20-12(9-19-15(20)8-11)6-10-2-3-13(17)14(18)7-10/h2-5,7-9H,6H2,1H3. The second-order valence-corrected chi connectivity index (χ2v) is 4.81. The maximum atomic E-state index is 13.3. The fourth-order valence-electron chi connectivity index (χ4n) is 2.27. The molecule has 2 heterocycles. The van der Waals surface area contributed by atoms with Gasteiger partial charge in [0.1, 0.15) is 5.65 Å². The molecule has 0 radical (unpaired) electrons. The minimum atomic E-state index is -0.876. The number of carbonyl (C=O) groups is 1. The average Bonchev–Trinajstić information content (AvgIpc) is 2.92. The summed E-state index contributed by atoms with van der Waals surface area (Å²) in [6.45, 7) is 0. The van der Waals surface area contributed by atoms with Gasteiger partial charge in [0.25, 0.3) is 0 Å². The van der Waals surface area contributed by atoms with Crippen LogP contribution in [0.3, 0.4) is 0 Å². The lowest BCUT2D eigenvalue weighted by atomic mass is 10.1. The van der Waals surface area contributed by atoms with Crippen LogP contribution in [0.25, 0.3) is 5.65 Å². The lowest BCUT2D eigenvalue weighted by Gasteiger charge is -2.04. The molecule has 0 bridgehead atoms. The first kappa shape index (κ1) is 14.2. The van der Waals surface area contributed by atoms with Crippen LogP contribution in [-0.4, -0.2) is 22.5 Å². The van der Waals surface area contributed by atoms with Gasteiger partial charge in [-0.3, -0.25) is 0 Å². The van der Waals surface area contributed by atoms with Gasteiger partial charge in [0.2, 0.25) is 0 Å². The van der Waals surface area contributed by atoms with Crippen molar-refractivity contribution >= 4 is 11.6 Å². The van der Waals surface area contributed by atoms with Crippen molar-refractivity contribution in [3.8, 4) is 0 Å². The SMILES string of the molecule is COC(=O)c1ccn2c(Cc3ccc(F)c(F)c3)cnc2c1. The summed E-state index contributed by atoms with van der Waals surface area (Å²) in [7, 11) is 1.31. The highest BCUT2D eigenvalue weighted by molar-refractivity contribution is 5.90. The van der Waals surface area contributed by atoms with Crippen molar-refractivity contribution in [1.82, 2.24) is 9.38 Å². The molecule has 0 spiro atoms. The molecule has 0 amide bonds. The molecule has 3 aromatic rings. The highest BCUT2D eigenvalue weighted by Crippen LogP contribution is 2.16. The van der Waals surface area contributed by atoms with Crippen molar-refractivity contribution in [3.63, 3.8) is 0 Å². The summed E-state index contributed by atoms with van der Waals surface area (Å²) in [4.78, 5) is 15.7. The number of hydrogen-bond acceptors (Lipinski definition) is 3. The van der Waals surface area contributed by atoms with E-state index in [1.165, 1.54) is 13.2 Å². The molecule has 3 rings (SSSR count). The minimum absolute atomic E-state index is 0.399. The first-order valence-corrected chi connectivity index (χ1v) is 6.56. The van der Waals surface area contributed by atoms with Crippen LogP contribution in [0.2, 0.25) is 0 Å². The minimum Gasteiger partial charge on any atom is -0.465 e. The van der Waals surface area contributed by atoms with Crippen molar-refractivity contribution in [2.75, 3.05) is 7.11 Å². The number of ether oxygens (including phenoxy) is 1. The molecule has 0 saturated heterocycles. The summed E-state index contributed by atoms with van der Waals surface area (Å²) in [6, 6.07) is 7.03. The number of carbonyl (C=O) groups excluding carboxylic acids is 1. The fourth-order valence-corrected chi connectivity index (χ4v) is 2.27. The molecule has 2 aromatic heterocycles. The Morgan fingerprint density at radius 2 is 2.05 bits per heavy atom. The number of rotatable bonds is 3. The van der Waals surface area contributed by atoms with Crippen LogP contribution in [0, 0.1) is 11.6 Å². The molecule has 0 aliphatic carbocycles. The molecule has 4 nitrogen and oxygen atoms in total. The molecule has 22 heavy (non-hydrogen) atoms. The van der Waals surface area contributed by atoms with Crippen LogP contribution in [0.15, 0.2) is 42.7 Å². The highest BCUT2D eigenvalue weighted by atomic mass is 19.2. The van der Waals surface area contributed by atoms with Gasteiger partial charge in [-0.05, 0) is 29.8 Å². The third-order valence-electron chi connectivity index (χ3n) is 3.38. The van der Waals surface area contributed by atoms with E-state index in [2.05, 4.69) is 9.72 Å². The monoisotopic (exact) mass is 302 g/mol. The van der Waals surface area contributed by atoms with Gasteiger partial charge in [0, 0.05) is 24.5 Å². The van der Waals surface area contributed by atoms with E-state index in [1.807, 2.05) is 0 Å². The summed E-state index contributed by atoms with van der Waals surface area (Å²) in [6.07, 6.45) is 3.73. The molecule has 0 atom stereocenters. The van der Waals surface area contributed by atoms with Gasteiger partial charge in [0.15, 0.2) is 11.6 Å². The molecule has 0 aliphatic rings. The van der Waals surface area contributed by atoms with E-state index in [-0.39, 0.29) is 0 Å². The number of benzene rings is 1. The number of methoxy groups -OCH3 is 1. The third kappa shape index (κ3) is 2.55. The van der Waals surface area contributed by atoms with Crippen LogP contribution in [0.1, 0.15) is 21.6 Å². The molecule has 0 aliphatic heterocycles. The maximum Gasteiger partial charge on any atom is 0.338 e. The van der Waals surface area contributed by atoms with E-state index in [0.29, 0.717) is 23.2 Å². The van der Waals surface area contributed by atoms with Crippen LogP contribution in [0.5, 0.6) is 0 Å². The summed E-state index contributed by atoms with van der Waals surface area (Å²) in [5.74, 6) is -2.18. The second kappa shape index (κ2) is 5.55. The number of hydrogen-bond donors (Lipinski definition) is 0.